The van der Waals surface area contributed by atoms with Gasteiger partial charge in [0.25, 0.3) is 0 Å². The average Bonchev–Trinajstić information content (AvgIpc) is 2.14. The molecule has 5 heteroatoms. The van der Waals surface area contributed by atoms with Gasteiger partial charge in [0, 0.05) is 22.8 Å². The Morgan fingerprint density at radius 2 is 2.14 bits per heavy atom. The van der Waals surface area contributed by atoms with E-state index in [1.165, 1.54) is 11.8 Å². The molecule has 0 saturated heterocycles. The maximum atomic E-state index is 11.6. The zero-order valence-corrected chi connectivity index (χ0v) is 8.91. The number of anilines is 2. The highest BCUT2D eigenvalue weighted by Gasteiger charge is 2.23. The minimum Gasteiger partial charge on any atom is -0.398 e. The number of nitrogen functional groups attached to an aromatic ring is 2. The Morgan fingerprint density at radius 3 is 2.86 bits per heavy atom. The first-order valence-corrected chi connectivity index (χ1v) is 5.51. The summed E-state index contributed by atoms with van der Waals surface area (Å²) in [6, 6.07) is 1.54. The quantitative estimate of drug-likeness (QED) is 0.668. The Bertz CT molecular complexity index is 420. The first-order valence-electron chi connectivity index (χ1n) is 4.14. The number of thioether (sulfide) groups is 1. The molecule has 1 aromatic carbocycles. The van der Waals surface area contributed by atoms with Crippen molar-refractivity contribution in [2.24, 2.45) is 0 Å². The van der Waals surface area contributed by atoms with Crippen molar-refractivity contribution in [2.45, 2.75) is 11.3 Å². The van der Waals surface area contributed by atoms with Gasteiger partial charge < -0.3 is 11.5 Å². The van der Waals surface area contributed by atoms with E-state index in [4.69, 9.17) is 23.1 Å². The van der Waals surface area contributed by atoms with Crippen LogP contribution in [0.3, 0.4) is 0 Å². The maximum Gasteiger partial charge on any atom is 0.166 e. The highest BCUT2D eigenvalue weighted by molar-refractivity contribution is 7.99. The highest BCUT2D eigenvalue weighted by Crippen LogP contribution is 2.41. The second kappa shape index (κ2) is 3.37. The van der Waals surface area contributed by atoms with Crippen LogP contribution in [-0.4, -0.2) is 11.5 Å². The first-order chi connectivity index (χ1) is 6.61. The van der Waals surface area contributed by atoms with Gasteiger partial charge in [0.05, 0.1) is 16.3 Å². The van der Waals surface area contributed by atoms with Gasteiger partial charge >= 0.3 is 0 Å². The zero-order chi connectivity index (χ0) is 10.3. The predicted octanol–water partition coefficient (Wildman–Crippen LogP) is 2.18. The van der Waals surface area contributed by atoms with Crippen molar-refractivity contribution in [3.05, 3.63) is 16.7 Å². The van der Waals surface area contributed by atoms with Crippen LogP contribution in [0.15, 0.2) is 11.0 Å². The number of Topliss-reactive ketones (excluding diaryl/α,β-unsaturated/α-hetero) is 1. The first kappa shape index (κ1) is 9.68. The van der Waals surface area contributed by atoms with E-state index in [0.717, 1.165) is 10.6 Å². The van der Waals surface area contributed by atoms with Crippen molar-refractivity contribution in [1.29, 1.82) is 0 Å². The van der Waals surface area contributed by atoms with Crippen molar-refractivity contribution in [3.63, 3.8) is 0 Å². The minimum absolute atomic E-state index is 0.0552. The standard InChI is InChI=1S/C9H9ClN2OS/c10-4-3-5(11)7-6(13)1-2-14-9(7)8(4)12/h3H,1-2,11-12H2. The summed E-state index contributed by atoms with van der Waals surface area (Å²) < 4.78 is 0. The van der Waals surface area contributed by atoms with Crippen molar-refractivity contribution < 1.29 is 4.79 Å². The van der Waals surface area contributed by atoms with Crippen LogP contribution in [0.25, 0.3) is 0 Å². The molecule has 0 radical (unpaired) electrons. The molecule has 0 fully saturated rings. The number of rotatable bonds is 0. The van der Waals surface area contributed by atoms with E-state index in [1.807, 2.05) is 0 Å². The van der Waals surface area contributed by atoms with Gasteiger partial charge in [-0.25, -0.2) is 0 Å². The monoisotopic (exact) mass is 228 g/mol. The van der Waals surface area contributed by atoms with E-state index in [0.29, 0.717) is 28.4 Å². The summed E-state index contributed by atoms with van der Waals surface area (Å²) in [6.45, 7) is 0. The van der Waals surface area contributed by atoms with Crippen molar-refractivity contribution in [1.82, 2.24) is 0 Å². The Balaban J connectivity index is 2.72. The summed E-state index contributed by atoms with van der Waals surface area (Å²) in [5, 5.41) is 0.420. The number of ketones is 1. The van der Waals surface area contributed by atoms with Crippen LogP contribution >= 0.6 is 23.4 Å². The lowest BCUT2D eigenvalue weighted by molar-refractivity contribution is 0.0986. The second-order valence-electron chi connectivity index (χ2n) is 3.09. The van der Waals surface area contributed by atoms with Gasteiger partial charge in [-0.15, -0.1) is 11.8 Å². The van der Waals surface area contributed by atoms with Crippen LogP contribution in [0.5, 0.6) is 0 Å². The molecule has 1 aliphatic rings. The Hall–Kier alpha value is -0.870. The molecular formula is C9H9ClN2OS. The maximum absolute atomic E-state index is 11.6. The molecule has 3 nitrogen and oxygen atoms in total. The molecule has 1 heterocycles. The number of hydrogen-bond acceptors (Lipinski definition) is 4. The van der Waals surface area contributed by atoms with Crippen LogP contribution in [0.2, 0.25) is 5.02 Å². The fourth-order valence-electron chi connectivity index (χ4n) is 1.47. The molecule has 0 atom stereocenters. The lowest BCUT2D eigenvalue weighted by atomic mass is 10.1. The van der Waals surface area contributed by atoms with E-state index < -0.39 is 0 Å². The number of benzene rings is 1. The molecule has 4 N–H and O–H groups in total. The van der Waals surface area contributed by atoms with Crippen LogP contribution in [0, 0.1) is 0 Å². The van der Waals surface area contributed by atoms with E-state index in [2.05, 4.69) is 0 Å². The lowest BCUT2D eigenvalue weighted by Gasteiger charge is -2.18. The summed E-state index contributed by atoms with van der Waals surface area (Å²) in [5.41, 5.74) is 12.9. The fourth-order valence-corrected chi connectivity index (χ4v) is 2.87. The average molecular weight is 229 g/mol. The van der Waals surface area contributed by atoms with Crippen molar-refractivity contribution in [2.75, 3.05) is 17.2 Å². The molecule has 0 aliphatic carbocycles. The largest absolute Gasteiger partial charge is 0.398 e. The van der Waals surface area contributed by atoms with E-state index in [-0.39, 0.29) is 5.78 Å². The SMILES string of the molecule is Nc1cc(Cl)c(N)c2c1C(=O)CCS2. The minimum atomic E-state index is 0.0552. The third kappa shape index (κ3) is 1.35. The molecule has 0 spiro atoms. The molecule has 0 aromatic heterocycles. The number of carbonyl (C=O) groups excluding carboxylic acids is 1. The molecular weight excluding hydrogens is 220 g/mol. The van der Waals surface area contributed by atoms with Gasteiger partial charge in [-0.05, 0) is 6.07 Å². The van der Waals surface area contributed by atoms with Crippen molar-refractivity contribution in [3.8, 4) is 0 Å². The van der Waals surface area contributed by atoms with E-state index in [1.54, 1.807) is 6.07 Å². The van der Waals surface area contributed by atoms with E-state index >= 15 is 0 Å². The normalized spacial score (nSPS) is 15.4. The zero-order valence-electron chi connectivity index (χ0n) is 7.34. The Labute approximate surface area is 90.8 Å². The summed E-state index contributed by atoms with van der Waals surface area (Å²) in [7, 11) is 0. The van der Waals surface area contributed by atoms with Crippen LogP contribution in [-0.2, 0) is 0 Å². The topological polar surface area (TPSA) is 69.1 Å². The van der Waals surface area contributed by atoms with Gasteiger partial charge in [0.2, 0.25) is 0 Å². The molecule has 14 heavy (non-hydrogen) atoms. The summed E-state index contributed by atoms with van der Waals surface area (Å²) in [4.78, 5) is 12.3. The Morgan fingerprint density at radius 1 is 1.43 bits per heavy atom. The molecule has 0 unspecified atom stereocenters. The van der Waals surface area contributed by atoms with Crippen molar-refractivity contribution >= 4 is 40.5 Å². The van der Waals surface area contributed by atoms with Crippen LogP contribution in [0.4, 0.5) is 11.4 Å². The summed E-state index contributed by atoms with van der Waals surface area (Å²) in [6.07, 6.45) is 0.517. The smallest absolute Gasteiger partial charge is 0.166 e. The number of fused-ring (bicyclic) bond motifs is 1. The highest BCUT2D eigenvalue weighted by atomic mass is 35.5. The van der Waals surface area contributed by atoms with Gasteiger partial charge in [0.15, 0.2) is 5.78 Å². The molecule has 0 amide bonds. The third-order valence-corrected chi connectivity index (χ3v) is 3.59. The number of hydrogen-bond donors (Lipinski definition) is 2. The molecule has 0 bridgehead atoms. The molecule has 74 valence electrons. The summed E-state index contributed by atoms with van der Waals surface area (Å²) in [5.74, 6) is 0.801. The van der Waals surface area contributed by atoms with Gasteiger partial charge in [-0.1, -0.05) is 11.6 Å². The van der Waals surface area contributed by atoms with Gasteiger partial charge in [0.1, 0.15) is 0 Å². The lowest BCUT2D eigenvalue weighted by Crippen LogP contribution is -2.13. The number of carbonyl (C=O) groups is 1. The molecule has 1 aliphatic heterocycles. The molecule has 0 saturated carbocycles. The van der Waals surface area contributed by atoms with E-state index in [9.17, 15) is 4.79 Å². The predicted molar refractivity (Wildman–Crippen MR) is 59.9 cm³/mol. The molecule has 1 aromatic rings. The second-order valence-corrected chi connectivity index (χ2v) is 4.60. The van der Waals surface area contributed by atoms with Crippen LogP contribution < -0.4 is 11.5 Å². The fraction of sp³-hybridized carbons (Fsp3) is 0.222. The molecule has 2 rings (SSSR count). The Kier molecular flexibility index (Phi) is 2.33. The number of nitrogens with two attached hydrogens (primary N) is 2. The number of halogens is 1. The van der Waals surface area contributed by atoms with Gasteiger partial charge in [-0.3, -0.25) is 4.79 Å². The third-order valence-electron chi connectivity index (χ3n) is 2.15. The van der Waals surface area contributed by atoms with Gasteiger partial charge in [-0.2, -0.15) is 0 Å². The summed E-state index contributed by atoms with van der Waals surface area (Å²) >= 11 is 7.41. The van der Waals surface area contributed by atoms with Crippen LogP contribution in [0.1, 0.15) is 16.8 Å².